The fourth-order valence-corrected chi connectivity index (χ4v) is 2.94. The zero-order chi connectivity index (χ0) is 17.5. The first-order valence-corrected chi connectivity index (χ1v) is 9.04. The Bertz CT molecular complexity index is 660. The molecule has 0 fully saturated rings. The van der Waals surface area contributed by atoms with E-state index in [2.05, 4.69) is 56.7 Å². The minimum Gasteiger partial charge on any atom is -0.378 e. The first-order valence-electron chi connectivity index (χ1n) is 8.16. The van der Waals surface area contributed by atoms with Crippen LogP contribution in [0, 0.1) is 6.92 Å². The largest absolute Gasteiger partial charge is 0.378 e. The minimum absolute atomic E-state index is 0.663. The summed E-state index contributed by atoms with van der Waals surface area (Å²) in [5, 5.41) is 6.56. The third kappa shape index (κ3) is 5.23. The van der Waals surface area contributed by atoms with Crippen molar-refractivity contribution < 1.29 is 0 Å². The van der Waals surface area contributed by atoms with Gasteiger partial charge >= 0.3 is 0 Å². The van der Waals surface area contributed by atoms with E-state index in [1.165, 1.54) is 11.3 Å². The Labute approximate surface area is 149 Å². The normalized spacial score (nSPS) is 11.5. The molecule has 5 nitrogen and oxygen atoms in total. The molecule has 2 aromatic rings. The number of aryl methyl sites for hydroxylation is 1. The van der Waals surface area contributed by atoms with E-state index in [0.29, 0.717) is 6.54 Å². The lowest BCUT2D eigenvalue weighted by atomic mass is 10.2. The lowest BCUT2D eigenvalue weighted by molar-refractivity contribution is 0.471. The highest BCUT2D eigenvalue weighted by atomic mass is 32.1. The molecule has 0 saturated carbocycles. The van der Waals surface area contributed by atoms with Crippen molar-refractivity contribution in [3.8, 4) is 0 Å². The molecule has 0 aliphatic heterocycles. The molecule has 1 N–H and O–H groups in total. The summed E-state index contributed by atoms with van der Waals surface area (Å²) in [7, 11) is 6.14. The van der Waals surface area contributed by atoms with E-state index < -0.39 is 0 Å². The highest BCUT2D eigenvalue weighted by Crippen LogP contribution is 2.13. The predicted octanol–water partition coefficient (Wildman–Crippen LogP) is 3.12. The number of rotatable bonds is 6. The molecule has 24 heavy (non-hydrogen) atoms. The quantitative estimate of drug-likeness (QED) is 0.645. The second-order valence-electron chi connectivity index (χ2n) is 5.94. The number of hydrogen-bond acceptors (Lipinski definition) is 4. The fraction of sp³-hybridized carbons (Fsp3) is 0.444. The van der Waals surface area contributed by atoms with Crippen molar-refractivity contribution in [2.45, 2.75) is 26.9 Å². The molecular formula is C18H27N5S. The number of benzene rings is 1. The van der Waals surface area contributed by atoms with Crippen molar-refractivity contribution in [1.29, 1.82) is 0 Å². The van der Waals surface area contributed by atoms with Crippen LogP contribution in [0.1, 0.15) is 23.2 Å². The van der Waals surface area contributed by atoms with Crippen LogP contribution in [0.15, 0.2) is 34.6 Å². The van der Waals surface area contributed by atoms with Gasteiger partial charge in [-0.2, -0.15) is 0 Å². The summed E-state index contributed by atoms with van der Waals surface area (Å²) in [6.07, 6.45) is 0. The van der Waals surface area contributed by atoms with E-state index in [1.54, 1.807) is 11.3 Å². The van der Waals surface area contributed by atoms with Crippen LogP contribution in [0.25, 0.3) is 0 Å². The number of guanidine groups is 1. The van der Waals surface area contributed by atoms with Crippen LogP contribution in [0.4, 0.5) is 5.69 Å². The molecule has 2 rings (SSSR count). The Morgan fingerprint density at radius 3 is 2.46 bits per heavy atom. The summed E-state index contributed by atoms with van der Waals surface area (Å²) < 4.78 is 0. The van der Waals surface area contributed by atoms with Crippen LogP contribution in [0.3, 0.4) is 0 Å². The Morgan fingerprint density at radius 2 is 1.92 bits per heavy atom. The van der Waals surface area contributed by atoms with Gasteiger partial charge in [0.25, 0.3) is 0 Å². The van der Waals surface area contributed by atoms with Crippen LogP contribution < -0.4 is 10.2 Å². The summed E-state index contributed by atoms with van der Waals surface area (Å²) in [4.78, 5) is 13.5. The molecule has 0 amide bonds. The second kappa shape index (κ2) is 8.68. The zero-order valence-electron chi connectivity index (χ0n) is 15.2. The molecule has 130 valence electrons. The molecule has 0 bridgehead atoms. The summed E-state index contributed by atoms with van der Waals surface area (Å²) in [5.41, 5.74) is 3.49. The lowest BCUT2D eigenvalue weighted by Gasteiger charge is -2.21. The molecule has 1 aromatic heterocycles. The minimum atomic E-state index is 0.663. The topological polar surface area (TPSA) is 43.8 Å². The van der Waals surface area contributed by atoms with E-state index in [9.17, 15) is 0 Å². The highest BCUT2D eigenvalue weighted by Gasteiger charge is 2.08. The van der Waals surface area contributed by atoms with Gasteiger partial charge in [0.1, 0.15) is 0 Å². The summed E-state index contributed by atoms with van der Waals surface area (Å²) in [6.45, 7) is 6.39. The molecule has 6 heteroatoms. The Kier molecular flexibility index (Phi) is 6.61. The molecule has 0 radical (unpaired) electrons. The molecule has 0 spiro atoms. The maximum atomic E-state index is 4.75. The Balaban J connectivity index is 2.03. The summed E-state index contributed by atoms with van der Waals surface area (Å²) >= 11 is 1.68. The molecule has 1 aromatic carbocycles. The van der Waals surface area contributed by atoms with Crippen molar-refractivity contribution in [3.63, 3.8) is 0 Å². The third-order valence-corrected chi connectivity index (χ3v) is 4.45. The monoisotopic (exact) mass is 345 g/mol. The molecular weight excluding hydrogens is 318 g/mol. The van der Waals surface area contributed by atoms with Crippen LogP contribution in [-0.4, -0.2) is 43.5 Å². The van der Waals surface area contributed by atoms with E-state index >= 15 is 0 Å². The Morgan fingerprint density at radius 1 is 1.21 bits per heavy atom. The number of aromatic nitrogens is 1. The molecule has 0 unspecified atom stereocenters. The van der Waals surface area contributed by atoms with Crippen molar-refractivity contribution >= 4 is 23.0 Å². The molecule has 0 atom stereocenters. The fourth-order valence-electron chi connectivity index (χ4n) is 2.33. The average Bonchev–Trinajstić information content (AvgIpc) is 2.96. The van der Waals surface area contributed by atoms with Crippen LogP contribution in [0.2, 0.25) is 0 Å². The first kappa shape index (κ1) is 18.3. The summed E-state index contributed by atoms with van der Waals surface area (Å²) in [5.74, 6) is 0.903. The maximum Gasteiger partial charge on any atom is 0.194 e. The second-order valence-corrected chi connectivity index (χ2v) is 7.01. The van der Waals surface area contributed by atoms with Crippen LogP contribution in [0.5, 0.6) is 0 Å². The van der Waals surface area contributed by atoms with Gasteiger partial charge in [0.2, 0.25) is 0 Å². The van der Waals surface area contributed by atoms with Crippen LogP contribution >= 0.6 is 11.3 Å². The average molecular weight is 346 g/mol. The number of nitrogens with zero attached hydrogens (tertiary/aromatic N) is 4. The van der Waals surface area contributed by atoms with Crippen molar-refractivity contribution in [3.05, 3.63) is 45.9 Å². The number of hydrogen-bond donors (Lipinski definition) is 1. The van der Waals surface area contributed by atoms with Gasteiger partial charge in [-0.15, -0.1) is 11.3 Å². The van der Waals surface area contributed by atoms with Gasteiger partial charge in [0.15, 0.2) is 5.96 Å². The van der Waals surface area contributed by atoms with Crippen molar-refractivity contribution in [2.24, 2.45) is 4.99 Å². The van der Waals surface area contributed by atoms with Gasteiger partial charge < -0.3 is 15.1 Å². The number of anilines is 1. The highest BCUT2D eigenvalue weighted by molar-refractivity contribution is 7.09. The number of aliphatic imine (C=N–C) groups is 1. The standard InChI is InChI=1S/C18H27N5S/c1-6-19-18(23(5)12-16-13-24-14(2)21-16)20-11-15-7-9-17(10-8-15)22(3)4/h7-10,13H,6,11-12H2,1-5H3,(H,19,20). The lowest BCUT2D eigenvalue weighted by Crippen LogP contribution is -2.38. The number of nitrogens with one attached hydrogen (secondary N) is 1. The van der Waals surface area contributed by atoms with Gasteiger partial charge in [0.05, 0.1) is 23.8 Å². The van der Waals surface area contributed by atoms with E-state index in [0.717, 1.165) is 29.8 Å². The smallest absolute Gasteiger partial charge is 0.194 e. The SMILES string of the molecule is CCNC(=NCc1ccc(N(C)C)cc1)N(C)Cc1csc(C)n1. The van der Waals surface area contributed by atoms with Gasteiger partial charge in [-0.25, -0.2) is 9.98 Å². The Hall–Kier alpha value is -2.08. The molecule has 0 aliphatic rings. The van der Waals surface area contributed by atoms with Gasteiger partial charge in [-0.05, 0) is 31.5 Å². The van der Waals surface area contributed by atoms with Gasteiger partial charge in [0, 0.05) is 38.8 Å². The van der Waals surface area contributed by atoms with E-state index in [4.69, 9.17) is 4.99 Å². The van der Waals surface area contributed by atoms with E-state index in [-0.39, 0.29) is 0 Å². The summed E-state index contributed by atoms with van der Waals surface area (Å²) in [6, 6.07) is 8.51. The van der Waals surface area contributed by atoms with Gasteiger partial charge in [-0.3, -0.25) is 0 Å². The first-order chi connectivity index (χ1) is 11.5. The number of thiazole rings is 1. The van der Waals surface area contributed by atoms with E-state index in [1.807, 2.05) is 28.1 Å². The molecule has 0 aliphatic carbocycles. The van der Waals surface area contributed by atoms with Crippen molar-refractivity contribution in [2.75, 3.05) is 32.6 Å². The van der Waals surface area contributed by atoms with Crippen LogP contribution in [-0.2, 0) is 13.1 Å². The molecule has 1 heterocycles. The molecule has 0 saturated heterocycles. The third-order valence-electron chi connectivity index (χ3n) is 3.63. The zero-order valence-corrected chi connectivity index (χ0v) is 16.0. The predicted molar refractivity (Wildman–Crippen MR) is 104 cm³/mol. The van der Waals surface area contributed by atoms with Gasteiger partial charge in [-0.1, -0.05) is 12.1 Å². The maximum absolute atomic E-state index is 4.75. The van der Waals surface area contributed by atoms with Crippen molar-refractivity contribution in [1.82, 2.24) is 15.2 Å².